The molecule has 3 heterocycles. The number of aliphatic carboxylic acids is 1. The van der Waals surface area contributed by atoms with Gasteiger partial charge in [0, 0.05) is 40.4 Å². The highest BCUT2D eigenvalue weighted by Gasteiger charge is 2.30. The molecule has 15 heteroatoms. The van der Waals surface area contributed by atoms with E-state index in [2.05, 4.69) is 17.0 Å². The zero-order valence-electron chi connectivity index (χ0n) is 28.8. The number of ether oxygens (including phenoxy) is 1. The number of hydrogen-bond donors (Lipinski definition) is 2. The van der Waals surface area contributed by atoms with Crippen molar-refractivity contribution in [2.45, 2.75) is 49.9 Å². The number of thioether (sulfide) groups is 1. The molecule has 0 spiro atoms. The molecule has 272 valence electrons. The number of carbonyl (C=O) groups excluding carboxylic acids is 1. The molecule has 1 amide bonds. The highest BCUT2D eigenvalue weighted by atomic mass is 35.5. The predicted molar refractivity (Wildman–Crippen MR) is 207 cm³/mol. The average molecular weight is 781 g/mol. The molecule has 0 radical (unpaired) electrons. The van der Waals surface area contributed by atoms with Crippen molar-refractivity contribution >= 4 is 64.8 Å². The van der Waals surface area contributed by atoms with Gasteiger partial charge in [-0.15, -0.1) is 23.7 Å². The molecule has 0 bridgehead atoms. The van der Waals surface area contributed by atoms with Crippen LogP contribution in [0, 0.1) is 28.6 Å². The zero-order valence-corrected chi connectivity index (χ0v) is 32.0. The Morgan fingerprint density at radius 1 is 1.06 bits per heavy atom. The highest BCUT2D eigenvalue weighted by Crippen LogP contribution is 2.40. The number of halogens is 2. The number of nitriles is 2. The minimum atomic E-state index is -1.09. The summed E-state index contributed by atoms with van der Waals surface area (Å²) in [6.45, 7) is 5.11. The maximum atomic E-state index is 12.6. The number of aromatic nitrogens is 2. The van der Waals surface area contributed by atoms with Crippen LogP contribution in [0.4, 0.5) is 5.82 Å². The number of nitrogens with zero attached hydrogens (tertiary/aromatic N) is 6. The molecule has 1 aliphatic rings. The Bertz CT molecular complexity index is 1940. The summed E-state index contributed by atoms with van der Waals surface area (Å²) in [5.41, 5.74) is 9.22. The van der Waals surface area contributed by atoms with Crippen molar-refractivity contribution < 1.29 is 19.4 Å². The minimum absolute atomic E-state index is 0. The summed E-state index contributed by atoms with van der Waals surface area (Å²) in [6, 6.07) is 18.2. The topological polar surface area (TPSA) is 169 Å². The standard InChI is InChI=1S/C37H38ClN7O4S2.ClH/c1-23(2)17-31(37(47)48)45(32(46)20-41)15-16-49-28-11-7-24(8-12-28)33-29(18-39)34(44-13-3-4-14-44)43-36(30(33)19-40)51-22-27-21-50-35(42-27)25-5-9-26(38)10-6-25;/h5-12,21,23,31H,3-4,13-17,20,22,41H2,1-2H3,(H,47,48);1H/t31-;/m0./s1. The molecule has 0 saturated carbocycles. The Morgan fingerprint density at radius 2 is 1.71 bits per heavy atom. The number of carbonyl (C=O) groups is 2. The van der Waals surface area contributed by atoms with E-state index in [1.807, 2.05) is 43.5 Å². The number of nitrogens with two attached hydrogens (primary N) is 1. The van der Waals surface area contributed by atoms with Gasteiger partial charge in [-0.2, -0.15) is 10.5 Å². The van der Waals surface area contributed by atoms with Gasteiger partial charge < -0.3 is 25.4 Å². The largest absolute Gasteiger partial charge is 0.492 e. The summed E-state index contributed by atoms with van der Waals surface area (Å²) in [6.07, 6.45) is 2.27. The lowest BCUT2D eigenvalue weighted by molar-refractivity contribution is -0.150. The molecular formula is C37H39Cl2N7O4S2. The van der Waals surface area contributed by atoms with Crippen LogP contribution in [0.25, 0.3) is 21.7 Å². The predicted octanol–water partition coefficient (Wildman–Crippen LogP) is 7.25. The third kappa shape index (κ3) is 9.73. The van der Waals surface area contributed by atoms with Crippen LogP contribution >= 0.6 is 47.1 Å². The van der Waals surface area contributed by atoms with Crippen LogP contribution in [-0.4, -0.2) is 70.7 Å². The van der Waals surface area contributed by atoms with Crippen LogP contribution in [0.15, 0.2) is 58.9 Å². The summed E-state index contributed by atoms with van der Waals surface area (Å²) in [5, 5.41) is 34.7. The van der Waals surface area contributed by atoms with Crippen molar-refractivity contribution in [1.82, 2.24) is 14.9 Å². The normalized spacial score (nSPS) is 12.9. The first kappa shape index (κ1) is 40.4. The van der Waals surface area contributed by atoms with Gasteiger partial charge in [-0.3, -0.25) is 4.79 Å². The van der Waals surface area contributed by atoms with E-state index in [0.717, 1.165) is 42.2 Å². The molecular weight excluding hydrogens is 741 g/mol. The van der Waals surface area contributed by atoms with E-state index in [-0.39, 0.29) is 44.4 Å². The Hall–Kier alpha value is -4.37. The Kier molecular flexibility index (Phi) is 14.7. The number of thiazole rings is 1. The second-order valence-electron chi connectivity index (χ2n) is 12.4. The molecule has 4 aromatic rings. The van der Waals surface area contributed by atoms with E-state index < -0.39 is 17.9 Å². The first-order valence-corrected chi connectivity index (χ1v) is 18.8. The van der Waals surface area contributed by atoms with Crippen molar-refractivity contribution in [2.75, 3.05) is 37.7 Å². The fourth-order valence-corrected chi connectivity index (χ4v) is 7.84. The number of benzene rings is 2. The van der Waals surface area contributed by atoms with Crippen LogP contribution < -0.4 is 15.4 Å². The fourth-order valence-electron chi connectivity index (χ4n) is 5.91. The molecule has 1 aliphatic heterocycles. The molecule has 1 fully saturated rings. The number of rotatable bonds is 15. The van der Waals surface area contributed by atoms with E-state index in [1.165, 1.54) is 28.0 Å². The minimum Gasteiger partial charge on any atom is -0.492 e. The number of carboxylic acid groups (broad SMARTS) is 1. The molecule has 0 aliphatic carbocycles. The van der Waals surface area contributed by atoms with Crippen molar-refractivity contribution in [1.29, 1.82) is 10.5 Å². The van der Waals surface area contributed by atoms with E-state index in [1.54, 1.807) is 24.3 Å². The first-order valence-electron chi connectivity index (χ1n) is 16.5. The lowest BCUT2D eigenvalue weighted by Gasteiger charge is -2.29. The van der Waals surface area contributed by atoms with Gasteiger partial charge in [0.15, 0.2) is 0 Å². The number of anilines is 1. The van der Waals surface area contributed by atoms with Gasteiger partial charge in [0.1, 0.15) is 52.0 Å². The third-order valence-corrected chi connectivity index (χ3v) is 10.6. The van der Waals surface area contributed by atoms with E-state index in [4.69, 9.17) is 32.0 Å². The van der Waals surface area contributed by atoms with Crippen LogP contribution in [0.5, 0.6) is 5.75 Å². The molecule has 11 nitrogen and oxygen atoms in total. The van der Waals surface area contributed by atoms with Crippen LogP contribution in [0.3, 0.4) is 0 Å². The summed E-state index contributed by atoms with van der Waals surface area (Å²) in [7, 11) is 0. The fraction of sp³-hybridized carbons (Fsp3) is 0.351. The molecule has 5 rings (SSSR count). The van der Waals surface area contributed by atoms with Crippen molar-refractivity contribution in [3.63, 3.8) is 0 Å². The number of hydrogen-bond acceptors (Lipinski definition) is 11. The van der Waals surface area contributed by atoms with Gasteiger partial charge in [0.05, 0.1) is 24.3 Å². The van der Waals surface area contributed by atoms with Crippen molar-refractivity contribution in [3.05, 3.63) is 75.8 Å². The van der Waals surface area contributed by atoms with Gasteiger partial charge in [0.25, 0.3) is 0 Å². The van der Waals surface area contributed by atoms with Crippen molar-refractivity contribution in [3.8, 4) is 39.6 Å². The quantitative estimate of drug-likeness (QED) is 0.117. The maximum Gasteiger partial charge on any atom is 0.326 e. The van der Waals surface area contributed by atoms with E-state index in [0.29, 0.717) is 49.6 Å². The molecule has 52 heavy (non-hydrogen) atoms. The zero-order chi connectivity index (χ0) is 36.5. The molecule has 2 aromatic heterocycles. The number of amides is 1. The second-order valence-corrected chi connectivity index (χ2v) is 14.6. The van der Waals surface area contributed by atoms with Gasteiger partial charge in [-0.05, 0) is 55.0 Å². The Labute approximate surface area is 322 Å². The van der Waals surface area contributed by atoms with Gasteiger partial charge in [-0.25, -0.2) is 14.8 Å². The molecule has 3 N–H and O–H groups in total. The van der Waals surface area contributed by atoms with E-state index in [9.17, 15) is 25.2 Å². The Balaban J connectivity index is 0.00000605. The SMILES string of the molecule is CC(C)C[C@@H](C(=O)O)N(CCOc1ccc(-c2c(C#N)c(SCc3csc(-c4ccc(Cl)cc4)n3)nc(N3CCCC3)c2C#N)cc1)C(=O)CN.Cl. The van der Waals surface area contributed by atoms with Crippen LogP contribution in [-0.2, 0) is 15.3 Å². The van der Waals surface area contributed by atoms with Gasteiger partial charge in [-0.1, -0.05) is 61.5 Å². The van der Waals surface area contributed by atoms with Crippen LogP contribution in [0.2, 0.25) is 5.02 Å². The smallest absolute Gasteiger partial charge is 0.326 e. The lowest BCUT2D eigenvalue weighted by atomic mass is 9.96. The third-order valence-electron chi connectivity index (χ3n) is 8.37. The van der Waals surface area contributed by atoms with Gasteiger partial charge >= 0.3 is 5.97 Å². The summed E-state index contributed by atoms with van der Waals surface area (Å²) in [4.78, 5) is 37.6. The summed E-state index contributed by atoms with van der Waals surface area (Å²) in [5.74, 6) is 0.0250. The monoisotopic (exact) mass is 779 g/mol. The van der Waals surface area contributed by atoms with E-state index >= 15 is 0 Å². The molecule has 2 aromatic carbocycles. The lowest BCUT2D eigenvalue weighted by Crippen LogP contribution is -2.49. The van der Waals surface area contributed by atoms with Crippen molar-refractivity contribution in [2.24, 2.45) is 11.7 Å². The Morgan fingerprint density at radius 3 is 2.31 bits per heavy atom. The molecule has 1 atom stereocenters. The van der Waals surface area contributed by atoms with Gasteiger partial charge in [0.2, 0.25) is 5.91 Å². The second kappa shape index (κ2) is 18.9. The maximum absolute atomic E-state index is 12.6. The number of pyridine rings is 1. The van der Waals surface area contributed by atoms with Crippen LogP contribution in [0.1, 0.15) is 49.9 Å². The highest BCUT2D eigenvalue weighted by molar-refractivity contribution is 7.98. The molecule has 0 unspecified atom stereocenters. The molecule has 1 saturated heterocycles. The summed E-state index contributed by atoms with van der Waals surface area (Å²) >= 11 is 9.00. The average Bonchev–Trinajstić information content (AvgIpc) is 3.84. The number of carboxylic acids is 1. The summed E-state index contributed by atoms with van der Waals surface area (Å²) < 4.78 is 5.93. The first-order chi connectivity index (χ1) is 24.6.